The second-order valence-corrected chi connectivity index (χ2v) is 23.0. The lowest BCUT2D eigenvalue weighted by Gasteiger charge is -2.37. The Morgan fingerprint density at radius 3 is 0.721 bits per heavy atom. The molecule has 0 aliphatic heterocycles. The Labute approximate surface area is 366 Å². The minimum absolute atomic E-state index is 0. The fourth-order valence-electron chi connectivity index (χ4n) is 9.81. The van der Waals surface area contributed by atoms with Crippen molar-refractivity contribution >= 4 is 92.7 Å². The van der Waals surface area contributed by atoms with Crippen LogP contribution in [0.3, 0.4) is 0 Å². The van der Waals surface area contributed by atoms with Gasteiger partial charge in [0, 0.05) is 11.1 Å². The van der Waals surface area contributed by atoms with E-state index >= 15 is 0 Å². The molecule has 0 radical (unpaired) electrons. The van der Waals surface area contributed by atoms with Crippen molar-refractivity contribution in [1.82, 2.24) is 0 Å². The molecule has 2 N–H and O–H groups in total. The third kappa shape index (κ3) is 6.41. The fraction of sp³-hybridized carbons (Fsp3) is 0. The first-order valence-electron chi connectivity index (χ1n) is 20.5. The van der Waals surface area contributed by atoms with Crippen LogP contribution in [0.1, 0.15) is 0 Å². The van der Waals surface area contributed by atoms with Crippen molar-refractivity contribution in [2.24, 2.45) is 0 Å². The van der Waals surface area contributed by atoms with Crippen LogP contribution in [-0.4, -0.2) is 26.4 Å². The number of aromatic hydroxyl groups is 2. The van der Waals surface area contributed by atoms with Crippen molar-refractivity contribution in [3.8, 4) is 22.6 Å². The number of hydrogen-bond acceptors (Lipinski definition) is 2. The summed E-state index contributed by atoms with van der Waals surface area (Å²) in [6, 6.07) is 85.2. The zero-order chi connectivity index (χ0) is 40.5. The number of phenols is 2. The van der Waals surface area contributed by atoms with Gasteiger partial charge in [-0.2, -0.15) is 13.5 Å². The number of phenolic OH excluding ortho intramolecular Hbond substituents is 2. The Balaban J connectivity index is 0.00000476. The molecule has 0 aromatic heterocycles. The molecule has 10 aromatic rings. The molecule has 0 amide bonds. The first-order chi connectivity index (χ1) is 29.6. The minimum Gasteiger partial charge on any atom is -0.507 e. The molecular weight excluding hydrogens is 793 g/mol. The summed E-state index contributed by atoms with van der Waals surface area (Å²) in [6.07, 6.45) is 0. The Hall–Kier alpha value is -6.90. The summed E-state index contributed by atoms with van der Waals surface area (Å²) >= 11 is 0. The SMILES string of the molecule is Oc1c([Si](c2ccccc2)(c2ccccc2)c2ccccc2)cc2ccccc2c1-c1c(O)c([Si](c2ccccc2)(c2ccccc2)c2ccccc2)cc2ccccc12.S. The Kier molecular flexibility index (Phi) is 10.8. The molecule has 0 bridgehead atoms. The van der Waals surface area contributed by atoms with Crippen LogP contribution in [0, 0.1) is 0 Å². The van der Waals surface area contributed by atoms with Gasteiger partial charge in [0.15, 0.2) is 16.1 Å². The highest BCUT2D eigenvalue weighted by Gasteiger charge is 2.46. The second kappa shape index (κ2) is 16.6. The van der Waals surface area contributed by atoms with Gasteiger partial charge in [-0.1, -0.05) is 243 Å². The molecule has 0 fully saturated rings. The molecule has 0 spiro atoms. The summed E-state index contributed by atoms with van der Waals surface area (Å²) in [4.78, 5) is 0. The lowest BCUT2D eigenvalue weighted by Crippen LogP contribution is -2.75. The first kappa shape index (κ1) is 39.6. The van der Waals surface area contributed by atoms with Crippen LogP contribution in [0.25, 0.3) is 32.7 Å². The van der Waals surface area contributed by atoms with E-state index in [0.717, 1.165) is 63.0 Å². The van der Waals surface area contributed by atoms with Crippen molar-refractivity contribution in [2.45, 2.75) is 0 Å². The summed E-state index contributed by atoms with van der Waals surface area (Å²) < 4.78 is 0. The molecule has 0 aliphatic carbocycles. The van der Waals surface area contributed by atoms with Crippen molar-refractivity contribution < 1.29 is 10.2 Å². The maximum Gasteiger partial charge on any atom is 0.184 e. The van der Waals surface area contributed by atoms with Crippen molar-refractivity contribution in [3.05, 3.63) is 243 Å². The smallest absolute Gasteiger partial charge is 0.184 e. The van der Waals surface area contributed by atoms with E-state index in [0.29, 0.717) is 11.1 Å². The lowest BCUT2D eigenvalue weighted by molar-refractivity contribution is 0.474. The normalized spacial score (nSPS) is 11.6. The van der Waals surface area contributed by atoms with Crippen molar-refractivity contribution in [1.29, 1.82) is 0 Å². The van der Waals surface area contributed by atoms with Gasteiger partial charge in [-0.05, 0) is 63.0 Å². The van der Waals surface area contributed by atoms with E-state index in [-0.39, 0.29) is 25.0 Å². The highest BCUT2D eigenvalue weighted by atomic mass is 32.1. The van der Waals surface area contributed by atoms with Gasteiger partial charge in [-0.25, -0.2) is 0 Å². The van der Waals surface area contributed by atoms with Gasteiger partial charge >= 0.3 is 0 Å². The third-order valence-electron chi connectivity index (χ3n) is 12.3. The summed E-state index contributed by atoms with van der Waals surface area (Å²) in [6.45, 7) is 0. The first-order valence-corrected chi connectivity index (χ1v) is 24.5. The highest BCUT2D eigenvalue weighted by molar-refractivity contribution is 7.59. The Morgan fingerprint density at radius 1 is 0.262 bits per heavy atom. The molecule has 10 rings (SSSR count). The molecule has 0 unspecified atom stereocenters. The molecule has 0 heterocycles. The molecule has 10 aromatic carbocycles. The lowest BCUT2D eigenvalue weighted by atomic mass is 9.92. The maximum absolute atomic E-state index is 13.6. The molecular formula is C56H44O2SSi2. The molecule has 0 atom stereocenters. The number of rotatable bonds is 9. The van der Waals surface area contributed by atoms with E-state index in [2.05, 4.69) is 231 Å². The molecule has 61 heavy (non-hydrogen) atoms. The van der Waals surface area contributed by atoms with Crippen LogP contribution < -0.4 is 41.5 Å². The largest absolute Gasteiger partial charge is 0.507 e. The van der Waals surface area contributed by atoms with E-state index in [4.69, 9.17) is 0 Å². The van der Waals surface area contributed by atoms with E-state index in [1.807, 2.05) is 12.1 Å². The predicted molar refractivity (Wildman–Crippen MR) is 268 cm³/mol. The van der Waals surface area contributed by atoms with Gasteiger partial charge in [0.25, 0.3) is 0 Å². The van der Waals surface area contributed by atoms with Crippen LogP contribution >= 0.6 is 13.5 Å². The fourth-order valence-corrected chi connectivity index (χ4v) is 19.5. The van der Waals surface area contributed by atoms with Gasteiger partial charge in [0.1, 0.15) is 11.5 Å². The molecule has 2 nitrogen and oxygen atoms in total. The Morgan fingerprint density at radius 2 is 0.475 bits per heavy atom. The molecule has 0 saturated heterocycles. The van der Waals surface area contributed by atoms with Crippen LogP contribution in [0.4, 0.5) is 0 Å². The molecule has 0 aliphatic rings. The van der Waals surface area contributed by atoms with Crippen molar-refractivity contribution in [3.63, 3.8) is 0 Å². The van der Waals surface area contributed by atoms with Crippen LogP contribution in [0.5, 0.6) is 11.5 Å². The van der Waals surface area contributed by atoms with Gasteiger partial charge in [-0.15, -0.1) is 0 Å². The minimum atomic E-state index is -3.24. The van der Waals surface area contributed by atoms with E-state index in [1.165, 1.54) is 0 Å². The third-order valence-corrected chi connectivity index (χ3v) is 21.9. The van der Waals surface area contributed by atoms with Crippen LogP contribution in [0.15, 0.2) is 243 Å². The van der Waals surface area contributed by atoms with E-state index < -0.39 is 16.1 Å². The van der Waals surface area contributed by atoms with Gasteiger partial charge in [0.2, 0.25) is 0 Å². The number of benzene rings is 10. The molecule has 5 heteroatoms. The Bertz CT molecular complexity index is 2690. The second-order valence-electron chi connectivity index (χ2n) is 15.4. The summed E-state index contributed by atoms with van der Waals surface area (Å²) in [5.41, 5.74) is 1.27. The van der Waals surface area contributed by atoms with Gasteiger partial charge in [0.05, 0.1) is 0 Å². The van der Waals surface area contributed by atoms with E-state index in [1.54, 1.807) is 0 Å². The molecule has 294 valence electrons. The maximum atomic E-state index is 13.6. The van der Waals surface area contributed by atoms with E-state index in [9.17, 15) is 10.2 Å². The number of hydrogen-bond donors (Lipinski definition) is 2. The predicted octanol–water partition coefficient (Wildman–Crippen LogP) is 7.94. The molecule has 0 saturated carbocycles. The standard InChI is InChI=1S/C56H42O2Si2.H2S/c57-55-51(59(43-25-7-1-8-26-43,44-27-9-2-10-28-44)45-29-11-3-12-30-45)39-41-23-19-21-37-49(41)53(55)54-50-38-22-20-24-42(50)40-52(56(54)58)60(46-31-13-4-14-32-46,47-33-15-5-16-34-47)48-35-17-6-18-36-48;/h1-40,57-58H;1H2. The number of fused-ring (bicyclic) bond motifs is 2. The monoisotopic (exact) mass is 836 g/mol. The van der Waals surface area contributed by atoms with Gasteiger partial charge in [-0.3, -0.25) is 0 Å². The summed E-state index contributed by atoms with van der Waals surface area (Å²) in [5.74, 6) is 0.363. The quantitative estimate of drug-likeness (QED) is 0.115. The zero-order valence-corrected chi connectivity index (χ0v) is 36.5. The van der Waals surface area contributed by atoms with Crippen molar-refractivity contribution in [2.75, 3.05) is 0 Å². The summed E-state index contributed by atoms with van der Waals surface area (Å²) in [5, 5.41) is 39.7. The van der Waals surface area contributed by atoms with Crippen LogP contribution in [0.2, 0.25) is 0 Å². The average molecular weight is 837 g/mol. The summed E-state index contributed by atoms with van der Waals surface area (Å²) in [7, 11) is -6.48. The highest BCUT2D eigenvalue weighted by Crippen LogP contribution is 2.44. The van der Waals surface area contributed by atoms with Crippen LogP contribution in [-0.2, 0) is 0 Å². The zero-order valence-electron chi connectivity index (χ0n) is 33.5. The van der Waals surface area contributed by atoms with Gasteiger partial charge < -0.3 is 10.2 Å². The average Bonchev–Trinajstić information content (AvgIpc) is 3.32. The topological polar surface area (TPSA) is 40.5 Å².